The van der Waals surface area contributed by atoms with Gasteiger partial charge in [0.15, 0.2) is 0 Å². The number of carboxylic acids is 2. The standard InChI is InChI=1S/C52H96N2O8/c1-12-14-16-18-20-22-24-26-28-30-32-34-40(3)51(43(55)56,35-33-31-29-27-25-23-21-19-17-15-13-2)52(44(57)58,45(59)61-41-36-47(4,5)53-48(6,7)37-41)46(60)62-42-38-49(8,9)54-50(10,11)39-42/h40-42,53-54H,12-39H2,1-11H3,(H,55,56)(H,57,58). The molecule has 2 saturated heterocycles. The first-order valence-electron chi connectivity index (χ1n) is 25.5. The highest BCUT2D eigenvalue weighted by Gasteiger charge is 2.75. The summed E-state index contributed by atoms with van der Waals surface area (Å²) in [6, 6.07) is 0. The van der Waals surface area contributed by atoms with E-state index in [4.69, 9.17) is 9.47 Å². The number of ether oxygens (including phenoxy) is 2. The number of unbranched alkanes of at least 4 members (excludes halogenated alkanes) is 20. The monoisotopic (exact) mass is 877 g/mol. The lowest BCUT2D eigenvalue weighted by molar-refractivity contribution is -0.212. The van der Waals surface area contributed by atoms with Crippen LogP contribution in [0.1, 0.15) is 256 Å². The molecule has 0 aromatic heterocycles. The fourth-order valence-electron chi connectivity index (χ4n) is 11.6. The maximum absolute atomic E-state index is 15.3. The zero-order valence-corrected chi connectivity index (χ0v) is 41.9. The quantitative estimate of drug-likeness (QED) is 0.0292. The second kappa shape index (κ2) is 26.1. The molecule has 2 aliphatic rings. The molecule has 62 heavy (non-hydrogen) atoms. The van der Waals surface area contributed by atoms with Crippen molar-refractivity contribution in [3.05, 3.63) is 0 Å². The van der Waals surface area contributed by atoms with E-state index in [9.17, 15) is 19.8 Å². The second-order valence-corrected chi connectivity index (χ2v) is 22.5. The fraction of sp³-hybridized carbons (Fsp3) is 0.923. The molecule has 0 radical (unpaired) electrons. The molecule has 4 N–H and O–H groups in total. The molecule has 0 amide bonds. The largest absolute Gasteiger partial charge is 0.481 e. The van der Waals surface area contributed by atoms with Crippen LogP contribution in [0.5, 0.6) is 0 Å². The molecule has 2 unspecified atom stereocenters. The average Bonchev–Trinajstić information content (AvgIpc) is 3.12. The van der Waals surface area contributed by atoms with Crippen LogP contribution in [0.2, 0.25) is 0 Å². The highest BCUT2D eigenvalue weighted by Crippen LogP contribution is 2.54. The van der Waals surface area contributed by atoms with Gasteiger partial charge in [-0.05, 0) is 74.1 Å². The van der Waals surface area contributed by atoms with Crippen LogP contribution in [0, 0.1) is 16.7 Å². The van der Waals surface area contributed by atoms with Crippen molar-refractivity contribution in [2.24, 2.45) is 16.7 Å². The van der Waals surface area contributed by atoms with Crippen LogP contribution in [-0.4, -0.2) is 68.5 Å². The van der Waals surface area contributed by atoms with Gasteiger partial charge in [-0.2, -0.15) is 0 Å². The van der Waals surface area contributed by atoms with Gasteiger partial charge in [-0.3, -0.25) is 19.2 Å². The summed E-state index contributed by atoms with van der Waals surface area (Å²) >= 11 is 0. The third-order valence-electron chi connectivity index (χ3n) is 14.1. The van der Waals surface area contributed by atoms with Gasteiger partial charge in [-0.1, -0.05) is 162 Å². The van der Waals surface area contributed by atoms with E-state index in [1.54, 1.807) is 6.92 Å². The van der Waals surface area contributed by atoms with Crippen molar-refractivity contribution in [3.8, 4) is 0 Å². The van der Waals surface area contributed by atoms with Gasteiger partial charge in [0.2, 0.25) is 0 Å². The van der Waals surface area contributed by atoms with E-state index < -0.39 is 75.0 Å². The number of carboxylic acid groups (broad SMARTS) is 2. The van der Waals surface area contributed by atoms with E-state index in [2.05, 4.69) is 24.5 Å². The Morgan fingerprint density at radius 1 is 0.500 bits per heavy atom. The molecular weight excluding hydrogens is 781 g/mol. The first-order valence-corrected chi connectivity index (χ1v) is 25.5. The van der Waals surface area contributed by atoms with Crippen molar-refractivity contribution < 1.29 is 38.9 Å². The molecule has 362 valence electrons. The van der Waals surface area contributed by atoms with E-state index >= 15 is 9.59 Å². The van der Waals surface area contributed by atoms with Crippen LogP contribution in [0.25, 0.3) is 0 Å². The number of hydrogen-bond acceptors (Lipinski definition) is 8. The van der Waals surface area contributed by atoms with E-state index in [1.165, 1.54) is 70.6 Å². The number of esters is 2. The van der Waals surface area contributed by atoms with E-state index in [0.717, 1.165) is 51.4 Å². The average molecular weight is 877 g/mol. The third kappa shape index (κ3) is 17.3. The molecule has 10 nitrogen and oxygen atoms in total. The molecule has 2 aliphatic heterocycles. The third-order valence-corrected chi connectivity index (χ3v) is 14.1. The van der Waals surface area contributed by atoms with Crippen LogP contribution in [0.15, 0.2) is 0 Å². The molecule has 0 aromatic carbocycles. The fourth-order valence-corrected chi connectivity index (χ4v) is 11.6. The molecule has 2 rings (SSSR count). The number of rotatable bonds is 32. The molecule has 0 aliphatic carbocycles. The molecule has 0 saturated carbocycles. The van der Waals surface area contributed by atoms with Gasteiger partial charge in [0.25, 0.3) is 5.41 Å². The minimum Gasteiger partial charge on any atom is -0.481 e. The maximum Gasteiger partial charge on any atom is 0.336 e. The lowest BCUT2D eigenvalue weighted by Gasteiger charge is -2.49. The van der Waals surface area contributed by atoms with Gasteiger partial charge in [0, 0.05) is 47.8 Å². The Kier molecular flexibility index (Phi) is 23.5. The zero-order chi connectivity index (χ0) is 46.7. The summed E-state index contributed by atoms with van der Waals surface area (Å²) in [7, 11) is 0. The summed E-state index contributed by atoms with van der Waals surface area (Å²) in [6.45, 7) is 22.2. The van der Waals surface area contributed by atoms with Crippen molar-refractivity contribution in [1.82, 2.24) is 10.6 Å². The van der Waals surface area contributed by atoms with Crippen LogP contribution in [0.4, 0.5) is 0 Å². The van der Waals surface area contributed by atoms with Crippen molar-refractivity contribution in [2.45, 2.75) is 290 Å². The molecule has 2 heterocycles. The van der Waals surface area contributed by atoms with Gasteiger partial charge >= 0.3 is 23.9 Å². The number of piperidine rings is 2. The summed E-state index contributed by atoms with van der Waals surface area (Å²) in [4.78, 5) is 59.2. The molecule has 0 aromatic rings. The molecule has 10 heteroatoms. The van der Waals surface area contributed by atoms with Gasteiger partial charge < -0.3 is 30.3 Å². The van der Waals surface area contributed by atoms with Gasteiger partial charge in [-0.15, -0.1) is 0 Å². The summed E-state index contributed by atoms with van der Waals surface area (Å²) in [6.07, 6.45) is 23.9. The van der Waals surface area contributed by atoms with Crippen LogP contribution in [-0.2, 0) is 28.7 Å². The highest BCUT2D eigenvalue weighted by atomic mass is 16.6. The number of hydrogen-bond donors (Lipinski definition) is 4. The van der Waals surface area contributed by atoms with Crippen LogP contribution in [0.3, 0.4) is 0 Å². The maximum atomic E-state index is 15.3. The number of carbonyl (C=O) groups is 4. The smallest absolute Gasteiger partial charge is 0.336 e. The molecule has 2 fully saturated rings. The predicted octanol–water partition coefficient (Wildman–Crippen LogP) is 12.9. The zero-order valence-electron chi connectivity index (χ0n) is 41.9. The van der Waals surface area contributed by atoms with Crippen molar-refractivity contribution in [1.29, 1.82) is 0 Å². The Bertz CT molecular complexity index is 1270. The Morgan fingerprint density at radius 3 is 1.08 bits per heavy atom. The minimum absolute atomic E-state index is 0.151. The number of nitrogens with one attached hydrogen (secondary N) is 2. The Labute approximate surface area is 379 Å². The molecular formula is C52H96N2O8. The normalized spacial score (nSPS) is 20.2. The molecule has 2 atom stereocenters. The minimum atomic E-state index is -3.13. The second-order valence-electron chi connectivity index (χ2n) is 22.5. The number of aliphatic carboxylic acids is 2. The Balaban J connectivity index is 2.56. The van der Waals surface area contributed by atoms with Crippen LogP contribution < -0.4 is 10.6 Å². The topological polar surface area (TPSA) is 151 Å². The van der Waals surface area contributed by atoms with Crippen molar-refractivity contribution >= 4 is 23.9 Å². The lowest BCUT2D eigenvalue weighted by Crippen LogP contribution is -2.67. The number of carbonyl (C=O) groups excluding carboxylic acids is 2. The van der Waals surface area contributed by atoms with Crippen LogP contribution >= 0.6 is 0 Å². The Morgan fingerprint density at radius 2 is 0.790 bits per heavy atom. The summed E-state index contributed by atoms with van der Waals surface area (Å²) < 4.78 is 12.5. The van der Waals surface area contributed by atoms with Gasteiger partial charge in [0.1, 0.15) is 17.6 Å². The van der Waals surface area contributed by atoms with Gasteiger partial charge in [0.05, 0.1) is 0 Å². The first kappa shape index (κ1) is 55.9. The van der Waals surface area contributed by atoms with Crippen molar-refractivity contribution in [3.63, 3.8) is 0 Å². The van der Waals surface area contributed by atoms with E-state index in [-0.39, 0.29) is 6.42 Å². The molecule has 0 spiro atoms. The van der Waals surface area contributed by atoms with Gasteiger partial charge in [-0.25, -0.2) is 0 Å². The Hall–Kier alpha value is -2.20. The summed E-state index contributed by atoms with van der Waals surface area (Å²) in [5.74, 6) is -6.72. The first-order chi connectivity index (χ1) is 29.0. The van der Waals surface area contributed by atoms with E-state index in [1.807, 2.05) is 55.4 Å². The predicted molar refractivity (Wildman–Crippen MR) is 252 cm³/mol. The highest BCUT2D eigenvalue weighted by molar-refractivity contribution is 6.21. The van der Waals surface area contributed by atoms with Crippen molar-refractivity contribution in [2.75, 3.05) is 0 Å². The van der Waals surface area contributed by atoms with E-state index in [0.29, 0.717) is 51.4 Å². The lowest BCUT2D eigenvalue weighted by atomic mass is 9.54. The SMILES string of the molecule is CCCCCCCCCCCCCC(C)C(CCCCCCCCCCCCC)(C(=O)O)C(C(=O)O)(C(=O)OC1CC(C)(C)NC(C)(C)C1)C(=O)OC1CC(C)(C)NC(C)(C)C1. The summed E-state index contributed by atoms with van der Waals surface area (Å²) in [5.41, 5.74) is -7.31. The summed E-state index contributed by atoms with van der Waals surface area (Å²) in [5, 5.41) is 30.4. The molecule has 0 bridgehead atoms.